The molecule has 3 heterocycles. The van der Waals surface area contributed by atoms with Crippen molar-refractivity contribution in [3.8, 4) is 22.8 Å². The van der Waals surface area contributed by atoms with Gasteiger partial charge in [0.25, 0.3) is 5.89 Å². The van der Waals surface area contributed by atoms with E-state index in [1.165, 1.54) is 18.7 Å². The van der Waals surface area contributed by atoms with Gasteiger partial charge in [-0.05, 0) is 6.07 Å². The third kappa shape index (κ3) is 1.26. The summed E-state index contributed by atoms with van der Waals surface area (Å²) in [5.41, 5.74) is 6.97. The van der Waals surface area contributed by atoms with Gasteiger partial charge in [0.1, 0.15) is 17.6 Å². The third-order valence-electron chi connectivity index (χ3n) is 2.10. The van der Waals surface area contributed by atoms with Crippen molar-refractivity contribution in [2.45, 2.75) is 0 Å². The van der Waals surface area contributed by atoms with Crippen LogP contribution in [0.15, 0.2) is 33.7 Å². The number of H-pyrrole nitrogens is 1. The minimum absolute atomic E-state index is 0.322. The van der Waals surface area contributed by atoms with Gasteiger partial charge in [0.15, 0.2) is 0 Å². The number of hydrogen-bond donors (Lipinski definition) is 2. The van der Waals surface area contributed by atoms with Crippen LogP contribution in [0.25, 0.3) is 22.8 Å². The Morgan fingerprint density at radius 1 is 1.38 bits per heavy atom. The van der Waals surface area contributed by atoms with Crippen molar-refractivity contribution in [1.82, 2.24) is 20.3 Å². The normalized spacial score (nSPS) is 10.8. The molecule has 0 fully saturated rings. The number of hydrogen-bond acceptors (Lipinski definition) is 6. The van der Waals surface area contributed by atoms with Crippen LogP contribution in [-0.4, -0.2) is 20.3 Å². The van der Waals surface area contributed by atoms with E-state index in [9.17, 15) is 0 Å². The molecule has 0 saturated carbocycles. The molecule has 3 N–H and O–H groups in total. The van der Waals surface area contributed by atoms with E-state index in [2.05, 4.69) is 20.3 Å². The summed E-state index contributed by atoms with van der Waals surface area (Å²) in [6.07, 6.45) is 4.60. The third-order valence-corrected chi connectivity index (χ3v) is 2.10. The smallest absolute Gasteiger partial charge is 0.263 e. The number of aromatic nitrogens is 4. The predicted molar refractivity (Wildman–Crippen MR) is 54.0 cm³/mol. The van der Waals surface area contributed by atoms with Crippen LogP contribution in [0.3, 0.4) is 0 Å². The molecule has 0 atom stereocenters. The van der Waals surface area contributed by atoms with Crippen LogP contribution in [-0.2, 0) is 0 Å². The number of furan rings is 1. The average Bonchev–Trinajstić information content (AvgIpc) is 2.96. The maximum absolute atomic E-state index is 5.64. The zero-order valence-corrected chi connectivity index (χ0v) is 8.04. The van der Waals surface area contributed by atoms with Gasteiger partial charge in [0.2, 0.25) is 5.82 Å². The second-order valence-electron chi connectivity index (χ2n) is 3.13. The van der Waals surface area contributed by atoms with E-state index < -0.39 is 0 Å². The molecule has 0 aliphatic heterocycles. The molecule has 0 aliphatic carbocycles. The first-order chi connectivity index (χ1) is 7.84. The zero-order valence-electron chi connectivity index (χ0n) is 8.04. The average molecular weight is 217 g/mol. The van der Waals surface area contributed by atoms with Crippen LogP contribution in [0.4, 0.5) is 5.82 Å². The van der Waals surface area contributed by atoms with Gasteiger partial charge in [-0.3, -0.25) is 5.10 Å². The van der Waals surface area contributed by atoms with Crippen molar-refractivity contribution >= 4 is 5.82 Å². The maximum atomic E-state index is 5.64. The largest absolute Gasteiger partial charge is 0.472 e. The number of rotatable bonds is 2. The van der Waals surface area contributed by atoms with E-state index >= 15 is 0 Å². The lowest BCUT2D eigenvalue weighted by Gasteiger charge is -1.87. The summed E-state index contributed by atoms with van der Waals surface area (Å²) in [4.78, 5) is 4.18. The van der Waals surface area contributed by atoms with Crippen molar-refractivity contribution < 1.29 is 8.94 Å². The summed E-state index contributed by atoms with van der Waals surface area (Å²) in [5, 5.41) is 10.2. The second kappa shape index (κ2) is 3.23. The molecule has 80 valence electrons. The fourth-order valence-corrected chi connectivity index (χ4v) is 1.31. The standard InChI is InChI=1S/C9H7N5O2/c10-7-6(3-11-13-7)9-12-8(14-16-9)5-1-2-15-4-5/h1-4H,(H3,10,11,13). The number of aromatic amines is 1. The van der Waals surface area contributed by atoms with E-state index in [0.29, 0.717) is 23.1 Å². The number of nitrogens with zero attached hydrogens (tertiary/aromatic N) is 3. The molecule has 0 aliphatic rings. The van der Waals surface area contributed by atoms with Gasteiger partial charge in [-0.1, -0.05) is 5.16 Å². The Balaban J connectivity index is 2.03. The molecular formula is C9H7N5O2. The molecule has 7 heteroatoms. The van der Waals surface area contributed by atoms with Gasteiger partial charge in [-0.25, -0.2) is 0 Å². The lowest BCUT2D eigenvalue weighted by molar-refractivity contribution is 0.432. The highest BCUT2D eigenvalue weighted by molar-refractivity contribution is 5.67. The van der Waals surface area contributed by atoms with Crippen LogP contribution in [0.5, 0.6) is 0 Å². The highest BCUT2D eigenvalue weighted by Crippen LogP contribution is 2.24. The zero-order chi connectivity index (χ0) is 11.0. The summed E-state index contributed by atoms with van der Waals surface area (Å²) in [6, 6.07) is 1.74. The topological polar surface area (TPSA) is 107 Å². The van der Waals surface area contributed by atoms with Gasteiger partial charge >= 0.3 is 0 Å². The van der Waals surface area contributed by atoms with Crippen molar-refractivity contribution in [2.75, 3.05) is 5.73 Å². The number of nitrogen functional groups attached to an aromatic ring is 1. The number of nitrogens with one attached hydrogen (secondary N) is 1. The van der Waals surface area contributed by atoms with Crippen LogP contribution >= 0.6 is 0 Å². The van der Waals surface area contributed by atoms with Gasteiger partial charge in [-0.15, -0.1) is 0 Å². The lowest BCUT2D eigenvalue weighted by atomic mass is 10.3. The summed E-state index contributed by atoms with van der Waals surface area (Å²) in [6.45, 7) is 0. The first-order valence-electron chi connectivity index (χ1n) is 4.50. The van der Waals surface area contributed by atoms with E-state index in [4.69, 9.17) is 14.7 Å². The number of nitrogens with two attached hydrogens (primary N) is 1. The molecule has 0 spiro atoms. The molecule has 0 unspecified atom stereocenters. The molecule has 3 aromatic heterocycles. The quantitative estimate of drug-likeness (QED) is 0.669. The molecule has 3 rings (SSSR count). The van der Waals surface area contributed by atoms with E-state index in [1.807, 2.05) is 0 Å². The fourth-order valence-electron chi connectivity index (χ4n) is 1.31. The molecule has 3 aromatic rings. The van der Waals surface area contributed by atoms with Crippen LogP contribution in [0.2, 0.25) is 0 Å². The molecule has 0 amide bonds. The Hall–Kier alpha value is -2.57. The fraction of sp³-hybridized carbons (Fsp3) is 0. The van der Waals surface area contributed by atoms with Crippen LogP contribution in [0, 0.1) is 0 Å². The van der Waals surface area contributed by atoms with Crippen molar-refractivity contribution in [2.24, 2.45) is 0 Å². The Morgan fingerprint density at radius 2 is 2.31 bits per heavy atom. The molecular weight excluding hydrogens is 210 g/mol. The van der Waals surface area contributed by atoms with E-state index in [-0.39, 0.29) is 0 Å². The van der Waals surface area contributed by atoms with Gasteiger partial charge < -0.3 is 14.7 Å². The van der Waals surface area contributed by atoms with Crippen LogP contribution < -0.4 is 5.73 Å². The predicted octanol–water partition coefficient (Wildman–Crippen LogP) is 1.30. The second-order valence-corrected chi connectivity index (χ2v) is 3.13. The first kappa shape index (κ1) is 8.72. The molecule has 0 saturated heterocycles. The highest BCUT2D eigenvalue weighted by atomic mass is 16.5. The maximum Gasteiger partial charge on any atom is 0.263 e. The minimum Gasteiger partial charge on any atom is -0.472 e. The molecule has 0 bridgehead atoms. The SMILES string of the molecule is Nc1[nH]ncc1-c1nc(-c2ccoc2)no1. The minimum atomic E-state index is 0.322. The van der Waals surface area contributed by atoms with Crippen molar-refractivity contribution in [3.05, 3.63) is 24.8 Å². The van der Waals surface area contributed by atoms with Crippen molar-refractivity contribution in [3.63, 3.8) is 0 Å². The van der Waals surface area contributed by atoms with E-state index in [1.54, 1.807) is 6.07 Å². The highest BCUT2D eigenvalue weighted by Gasteiger charge is 2.14. The van der Waals surface area contributed by atoms with Gasteiger partial charge in [0, 0.05) is 0 Å². The number of anilines is 1. The Bertz CT molecular complexity index is 595. The lowest BCUT2D eigenvalue weighted by Crippen LogP contribution is -1.87. The van der Waals surface area contributed by atoms with E-state index in [0.717, 1.165) is 5.56 Å². The monoisotopic (exact) mass is 217 g/mol. The summed E-state index contributed by atoms with van der Waals surface area (Å²) in [5.74, 6) is 1.16. The first-order valence-corrected chi connectivity index (χ1v) is 4.50. The summed E-state index contributed by atoms with van der Waals surface area (Å²) in [7, 11) is 0. The summed E-state index contributed by atoms with van der Waals surface area (Å²) >= 11 is 0. The Morgan fingerprint density at radius 3 is 3.00 bits per heavy atom. The molecule has 0 radical (unpaired) electrons. The Labute approximate surface area is 89.3 Å². The van der Waals surface area contributed by atoms with Crippen LogP contribution in [0.1, 0.15) is 0 Å². The molecule has 0 aromatic carbocycles. The molecule has 16 heavy (non-hydrogen) atoms. The van der Waals surface area contributed by atoms with Gasteiger partial charge in [-0.2, -0.15) is 10.1 Å². The Kier molecular flexibility index (Phi) is 1.76. The van der Waals surface area contributed by atoms with Gasteiger partial charge in [0.05, 0.1) is 18.0 Å². The summed E-state index contributed by atoms with van der Waals surface area (Å²) < 4.78 is 10.00. The van der Waals surface area contributed by atoms with Crippen molar-refractivity contribution in [1.29, 1.82) is 0 Å². The molecule has 7 nitrogen and oxygen atoms in total.